The Morgan fingerprint density at radius 2 is 2.27 bits per heavy atom. The highest BCUT2D eigenvalue weighted by Gasteiger charge is 2.22. The summed E-state index contributed by atoms with van der Waals surface area (Å²) in [5, 5.41) is 0.0858. The first-order chi connectivity index (χ1) is 7.13. The molecule has 0 atom stereocenters. The van der Waals surface area contributed by atoms with Crippen molar-refractivity contribution in [3.8, 4) is 0 Å². The fourth-order valence-corrected chi connectivity index (χ4v) is 1.85. The summed E-state index contributed by atoms with van der Waals surface area (Å²) in [4.78, 5) is 11.3. The largest absolute Gasteiger partial charge is 0.466 e. The third-order valence-electron chi connectivity index (χ3n) is 2.38. The molecule has 0 saturated carbocycles. The van der Waals surface area contributed by atoms with Crippen molar-refractivity contribution >= 4 is 23.6 Å². The lowest BCUT2D eigenvalue weighted by molar-refractivity contribution is -0.136. The summed E-state index contributed by atoms with van der Waals surface area (Å²) >= 11 is 5.79. The van der Waals surface area contributed by atoms with Crippen molar-refractivity contribution < 1.29 is 13.9 Å². The lowest BCUT2D eigenvalue weighted by atomic mass is 10.1. The normalized spacial score (nSPS) is 13.4. The predicted molar refractivity (Wildman–Crippen MR) is 55.1 cm³/mol. The zero-order valence-corrected chi connectivity index (χ0v) is 8.77. The third kappa shape index (κ3) is 1.63. The van der Waals surface area contributed by atoms with Crippen LogP contribution in [-0.2, 0) is 16.0 Å². The Hall–Kier alpha value is -1.35. The van der Waals surface area contributed by atoms with E-state index in [9.17, 15) is 9.18 Å². The average Bonchev–Trinajstić information content (AvgIpc) is 2.67. The van der Waals surface area contributed by atoms with Gasteiger partial charge in [-0.3, -0.25) is 0 Å². The standard InChI is InChI=1S/C11H8ClFO2/c1-15-11(14)7-4-6-2-3-9(13)10(12)8(6)5-7/h2-4H,5H2,1H3. The molecule has 0 aliphatic heterocycles. The van der Waals surface area contributed by atoms with E-state index in [2.05, 4.69) is 4.74 Å². The van der Waals surface area contributed by atoms with Crippen LogP contribution < -0.4 is 0 Å². The number of benzene rings is 1. The summed E-state index contributed by atoms with van der Waals surface area (Å²) in [7, 11) is 1.31. The summed E-state index contributed by atoms with van der Waals surface area (Å²) < 4.78 is 17.7. The topological polar surface area (TPSA) is 26.3 Å². The maximum absolute atomic E-state index is 13.1. The Morgan fingerprint density at radius 3 is 2.93 bits per heavy atom. The van der Waals surface area contributed by atoms with Crippen LogP contribution in [0.5, 0.6) is 0 Å². The minimum atomic E-state index is -0.463. The van der Waals surface area contributed by atoms with Crippen molar-refractivity contribution in [1.29, 1.82) is 0 Å². The number of fused-ring (bicyclic) bond motifs is 1. The molecule has 0 saturated heterocycles. The molecule has 15 heavy (non-hydrogen) atoms. The minimum Gasteiger partial charge on any atom is -0.466 e. The molecule has 4 heteroatoms. The molecule has 1 aliphatic rings. The molecule has 0 fully saturated rings. The van der Waals surface area contributed by atoms with E-state index in [0.717, 1.165) is 5.56 Å². The van der Waals surface area contributed by atoms with Crippen molar-refractivity contribution in [2.45, 2.75) is 6.42 Å². The average molecular weight is 227 g/mol. The van der Waals surface area contributed by atoms with Gasteiger partial charge in [0.1, 0.15) is 5.82 Å². The zero-order chi connectivity index (χ0) is 11.0. The van der Waals surface area contributed by atoms with E-state index in [1.807, 2.05) is 0 Å². The fraction of sp³-hybridized carbons (Fsp3) is 0.182. The van der Waals surface area contributed by atoms with Gasteiger partial charge in [-0.05, 0) is 23.3 Å². The van der Waals surface area contributed by atoms with Gasteiger partial charge in [-0.1, -0.05) is 17.7 Å². The van der Waals surface area contributed by atoms with E-state index in [1.165, 1.54) is 13.2 Å². The van der Waals surface area contributed by atoms with Gasteiger partial charge in [0, 0.05) is 12.0 Å². The predicted octanol–water partition coefficient (Wildman–Crippen LogP) is 2.59. The van der Waals surface area contributed by atoms with E-state index in [1.54, 1.807) is 12.1 Å². The van der Waals surface area contributed by atoms with Gasteiger partial charge in [0.25, 0.3) is 0 Å². The molecule has 1 aliphatic carbocycles. The molecule has 2 rings (SSSR count). The van der Waals surface area contributed by atoms with Crippen LogP contribution in [0.2, 0.25) is 5.02 Å². The summed E-state index contributed by atoms with van der Waals surface area (Å²) in [5.74, 6) is -0.863. The highest BCUT2D eigenvalue weighted by molar-refractivity contribution is 6.32. The second-order valence-corrected chi connectivity index (χ2v) is 3.65. The molecule has 0 heterocycles. The number of carbonyl (C=O) groups excluding carboxylic acids is 1. The molecule has 0 aromatic heterocycles. The summed E-state index contributed by atoms with van der Waals surface area (Å²) in [6, 6.07) is 2.89. The van der Waals surface area contributed by atoms with Gasteiger partial charge in [0.2, 0.25) is 0 Å². The zero-order valence-electron chi connectivity index (χ0n) is 8.01. The van der Waals surface area contributed by atoms with E-state index in [0.29, 0.717) is 17.6 Å². The lowest BCUT2D eigenvalue weighted by Crippen LogP contribution is -2.04. The first kappa shape index (κ1) is 10.2. The Balaban J connectivity index is 2.41. The third-order valence-corrected chi connectivity index (χ3v) is 2.79. The van der Waals surface area contributed by atoms with Crippen LogP contribution in [0.4, 0.5) is 4.39 Å². The van der Waals surface area contributed by atoms with Crippen molar-refractivity contribution in [2.75, 3.05) is 7.11 Å². The van der Waals surface area contributed by atoms with E-state index >= 15 is 0 Å². The molecule has 0 unspecified atom stereocenters. The molecule has 2 nitrogen and oxygen atoms in total. The molecule has 1 aromatic carbocycles. The first-order valence-corrected chi connectivity index (χ1v) is 4.77. The van der Waals surface area contributed by atoms with Gasteiger partial charge in [0.05, 0.1) is 12.1 Å². The maximum Gasteiger partial charge on any atom is 0.334 e. The first-order valence-electron chi connectivity index (χ1n) is 4.39. The molecule has 1 aromatic rings. The van der Waals surface area contributed by atoms with Crippen molar-refractivity contribution in [3.63, 3.8) is 0 Å². The number of halogens is 2. The highest BCUT2D eigenvalue weighted by atomic mass is 35.5. The molecule has 78 valence electrons. The SMILES string of the molecule is COC(=O)C1=Cc2ccc(F)c(Cl)c2C1. The quantitative estimate of drug-likeness (QED) is 0.688. The van der Waals surface area contributed by atoms with Crippen LogP contribution in [-0.4, -0.2) is 13.1 Å². The van der Waals surface area contributed by atoms with Crippen LogP contribution in [0, 0.1) is 5.82 Å². The summed E-state index contributed by atoms with van der Waals surface area (Å²) in [5.41, 5.74) is 1.93. The van der Waals surface area contributed by atoms with Crippen molar-refractivity contribution in [2.24, 2.45) is 0 Å². The number of hydrogen-bond donors (Lipinski definition) is 0. The molecule has 0 bridgehead atoms. The number of hydrogen-bond acceptors (Lipinski definition) is 2. The smallest absolute Gasteiger partial charge is 0.334 e. The Morgan fingerprint density at radius 1 is 1.53 bits per heavy atom. The monoisotopic (exact) mass is 226 g/mol. The molecular weight excluding hydrogens is 219 g/mol. The van der Waals surface area contributed by atoms with Crippen LogP contribution in [0.25, 0.3) is 6.08 Å². The molecule has 0 spiro atoms. The maximum atomic E-state index is 13.1. The Labute approximate surface area is 91.3 Å². The van der Waals surface area contributed by atoms with Crippen LogP contribution in [0.15, 0.2) is 17.7 Å². The molecule has 0 amide bonds. The fourth-order valence-electron chi connectivity index (χ4n) is 1.61. The van der Waals surface area contributed by atoms with E-state index in [-0.39, 0.29) is 5.02 Å². The van der Waals surface area contributed by atoms with Gasteiger partial charge >= 0.3 is 5.97 Å². The van der Waals surface area contributed by atoms with Crippen LogP contribution in [0.1, 0.15) is 11.1 Å². The Kier molecular flexibility index (Phi) is 2.49. The van der Waals surface area contributed by atoms with E-state index < -0.39 is 11.8 Å². The van der Waals surface area contributed by atoms with Crippen molar-refractivity contribution in [3.05, 3.63) is 39.7 Å². The second kappa shape index (κ2) is 3.66. The number of methoxy groups -OCH3 is 1. The van der Waals surface area contributed by atoms with Gasteiger partial charge in [-0.15, -0.1) is 0 Å². The minimum absolute atomic E-state index is 0.0858. The van der Waals surface area contributed by atoms with Gasteiger partial charge in [0.15, 0.2) is 0 Å². The van der Waals surface area contributed by atoms with E-state index in [4.69, 9.17) is 11.6 Å². The lowest BCUT2D eigenvalue weighted by Gasteiger charge is -2.02. The summed E-state index contributed by atoms with van der Waals surface area (Å²) in [6.45, 7) is 0. The summed E-state index contributed by atoms with van der Waals surface area (Å²) in [6.07, 6.45) is 2.01. The number of esters is 1. The number of ether oxygens (including phenoxy) is 1. The molecular formula is C11H8ClFO2. The van der Waals surface area contributed by atoms with Gasteiger partial charge in [-0.25, -0.2) is 9.18 Å². The van der Waals surface area contributed by atoms with Crippen LogP contribution in [0.3, 0.4) is 0 Å². The Bertz CT molecular complexity index is 466. The molecule has 0 N–H and O–H groups in total. The van der Waals surface area contributed by atoms with Gasteiger partial charge < -0.3 is 4.74 Å². The number of rotatable bonds is 1. The molecule has 0 radical (unpaired) electrons. The van der Waals surface area contributed by atoms with Gasteiger partial charge in [-0.2, -0.15) is 0 Å². The number of carbonyl (C=O) groups is 1. The van der Waals surface area contributed by atoms with Crippen molar-refractivity contribution in [1.82, 2.24) is 0 Å². The second-order valence-electron chi connectivity index (χ2n) is 3.27. The van der Waals surface area contributed by atoms with Crippen LogP contribution >= 0.6 is 11.6 Å². The highest BCUT2D eigenvalue weighted by Crippen LogP contribution is 2.32.